The number of quaternary nitrogens is 1. The van der Waals surface area contributed by atoms with Crippen LogP contribution in [0.1, 0.15) is 19.7 Å². The monoisotopic (exact) mass is 367 g/mol. The Bertz CT molecular complexity index is 642. The van der Waals surface area contributed by atoms with E-state index in [2.05, 4.69) is 31.4 Å². The first kappa shape index (κ1) is 16.6. The number of hydrogen-bond acceptors (Lipinski definition) is 4. The summed E-state index contributed by atoms with van der Waals surface area (Å²) in [6.45, 7) is 4.75. The highest BCUT2D eigenvalue weighted by atomic mass is 79.9. The third-order valence-electron chi connectivity index (χ3n) is 2.92. The van der Waals surface area contributed by atoms with Crippen LogP contribution in [0.15, 0.2) is 33.3 Å². The number of nitrogens with zero attached hydrogens (tertiary/aromatic N) is 2. The van der Waals surface area contributed by atoms with Gasteiger partial charge in [-0.2, -0.15) is 4.98 Å². The van der Waals surface area contributed by atoms with Crippen molar-refractivity contribution in [3.63, 3.8) is 0 Å². The molecule has 0 saturated heterocycles. The van der Waals surface area contributed by atoms with E-state index in [0.717, 1.165) is 14.9 Å². The highest BCUT2D eigenvalue weighted by Gasteiger charge is 2.16. The number of carbonyl (C=O) groups is 1. The fourth-order valence-corrected chi connectivity index (χ4v) is 2.44. The summed E-state index contributed by atoms with van der Waals surface area (Å²) in [6.07, 6.45) is 0. The lowest BCUT2D eigenvalue weighted by atomic mass is 10.2. The van der Waals surface area contributed by atoms with Crippen molar-refractivity contribution in [2.75, 3.05) is 13.6 Å². The predicted octanol–water partition coefficient (Wildman–Crippen LogP) is 1.04. The van der Waals surface area contributed by atoms with Crippen molar-refractivity contribution >= 4 is 21.8 Å². The van der Waals surface area contributed by atoms with Crippen molar-refractivity contribution in [3.8, 4) is 11.4 Å². The van der Waals surface area contributed by atoms with Gasteiger partial charge in [-0.15, -0.1) is 0 Å². The molecule has 2 aromatic rings. The van der Waals surface area contributed by atoms with E-state index in [4.69, 9.17) is 4.52 Å². The second-order valence-electron chi connectivity index (χ2n) is 5.55. The zero-order valence-corrected chi connectivity index (χ0v) is 14.5. The number of nitrogens with one attached hydrogen (secondary N) is 2. The van der Waals surface area contributed by atoms with Crippen molar-refractivity contribution in [2.24, 2.45) is 0 Å². The Morgan fingerprint density at radius 1 is 1.45 bits per heavy atom. The highest BCUT2D eigenvalue weighted by Crippen LogP contribution is 2.20. The number of benzene rings is 1. The van der Waals surface area contributed by atoms with Crippen molar-refractivity contribution in [2.45, 2.75) is 26.4 Å². The van der Waals surface area contributed by atoms with Gasteiger partial charge in [0.05, 0.1) is 7.05 Å². The lowest BCUT2D eigenvalue weighted by molar-refractivity contribution is -0.886. The predicted molar refractivity (Wildman–Crippen MR) is 86.2 cm³/mol. The first-order valence-corrected chi connectivity index (χ1v) is 7.92. The fraction of sp³-hybridized carbons (Fsp3) is 0.400. The lowest BCUT2D eigenvalue weighted by Crippen LogP contribution is -3.09. The molecule has 0 radical (unpaired) electrons. The third-order valence-corrected chi connectivity index (χ3v) is 3.41. The SMILES string of the molecule is CC(C)NC(=O)C[NH+](C)Cc1nc(-c2cccc(Br)c2)no1. The van der Waals surface area contributed by atoms with Gasteiger partial charge in [0, 0.05) is 16.1 Å². The Morgan fingerprint density at radius 2 is 2.23 bits per heavy atom. The molecule has 0 aliphatic heterocycles. The molecule has 118 valence electrons. The maximum Gasteiger partial charge on any atom is 0.282 e. The number of likely N-dealkylation sites (N-methyl/N-ethyl adjacent to an activating group) is 1. The van der Waals surface area contributed by atoms with Crippen molar-refractivity contribution < 1.29 is 14.2 Å². The second-order valence-corrected chi connectivity index (χ2v) is 6.47. The molecule has 7 heteroatoms. The van der Waals surface area contributed by atoms with E-state index in [9.17, 15) is 4.79 Å². The van der Waals surface area contributed by atoms with Crippen molar-refractivity contribution in [3.05, 3.63) is 34.6 Å². The summed E-state index contributed by atoms with van der Waals surface area (Å²) in [7, 11) is 1.92. The zero-order valence-electron chi connectivity index (χ0n) is 12.9. The van der Waals surface area contributed by atoms with E-state index in [-0.39, 0.29) is 11.9 Å². The highest BCUT2D eigenvalue weighted by molar-refractivity contribution is 9.10. The van der Waals surface area contributed by atoms with E-state index in [0.29, 0.717) is 24.8 Å². The third kappa shape index (κ3) is 4.92. The molecule has 1 amide bonds. The number of amides is 1. The number of hydrogen-bond donors (Lipinski definition) is 2. The molecule has 22 heavy (non-hydrogen) atoms. The Morgan fingerprint density at radius 3 is 2.91 bits per heavy atom. The lowest BCUT2D eigenvalue weighted by Gasteiger charge is -2.13. The maximum absolute atomic E-state index is 11.7. The van der Waals surface area contributed by atoms with E-state index >= 15 is 0 Å². The number of halogens is 1. The van der Waals surface area contributed by atoms with Crippen LogP contribution in [0, 0.1) is 0 Å². The average Bonchev–Trinajstić information content (AvgIpc) is 2.85. The molecule has 1 heterocycles. The quantitative estimate of drug-likeness (QED) is 0.799. The molecule has 1 aromatic heterocycles. The normalized spacial score (nSPS) is 12.4. The van der Waals surface area contributed by atoms with Crippen LogP contribution in [-0.4, -0.2) is 35.7 Å². The van der Waals surface area contributed by atoms with Gasteiger partial charge in [0.15, 0.2) is 13.1 Å². The molecule has 0 aliphatic carbocycles. The minimum atomic E-state index is 0.0132. The summed E-state index contributed by atoms with van der Waals surface area (Å²) >= 11 is 3.42. The molecule has 1 atom stereocenters. The van der Waals surface area contributed by atoms with Crippen LogP contribution < -0.4 is 10.2 Å². The molecule has 0 saturated carbocycles. The summed E-state index contributed by atoms with van der Waals surface area (Å²) < 4.78 is 6.23. The van der Waals surface area contributed by atoms with Gasteiger partial charge in [0.1, 0.15) is 0 Å². The van der Waals surface area contributed by atoms with Crippen LogP contribution in [0.4, 0.5) is 0 Å². The molecule has 0 spiro atoms. The van der Waals surface area contributed by atoms with E-state index in [1.807, 2.05) is 45.2 Å². The standard InChI is InChI=1S/C15H19BrN4O2/c1-10(2)17-13(21)8-20(3)9-14-18-15(19-22-14)11-5-4-6-12(16)7-11/h4-7,10H,8-9H2,1-3H3,(H,17,21)/p+1. The summed E-state index contributed by atoms with van der Waals surface area (Å²) in [4.78, 5) is 17.1. The minimum absolute atomic E-state index is 0.0132. The molecule has 2 N–H and O–H groups in total. The smallest absolute Gasteiger partial charge is 0.282 e. The molecular weight excluding hydrogens is 348 g/mol. The molecule has 0 bridgehead atoms. The number of rotatable bonds is 6. The van der Waals surface area contributed by atoms with Crippen LogP contribution in [0.2, 0.25) is 0 Å². The average molecular weight is 368 g/mol. The first-order chi connectivity index (χ1) is 10.4. The molecule has 0 aliphatic rings. The zero-order chi connectivity index (χ0) is 16.1. The van der Waals surface area contributed by atoms with Crippen LogP contribution in [-0.2, 0) is 11.3 Å². The van der Waals surface area contributed by atoms with Gasteiger partial charge in [-0.1, -0.05) is 33.2 Å². The molecule has 2 rings (SSSR count). The van der Waals surface area contributed by atoms with Gasteiger partial charge in [-0.05, 0) is 26.0 Å². The van der Waals surface area contributed by atoms with Gasteiger partial charge < -0.3 is 14.7 Å². The van der Waals surface area contributed by atoms with Crippen molar-refractivity contribution in [1.82, 2.24) is 15.5 Å². The molecule has 0 fully saturated rings. The van der Waals surface area contributed by atoms with Gasteiger partial charge in [-0.3, -0.25) is 4.79 Å². The molecule has 1 aromatic carbocycles. The van der Waals surface area contributed by atoms with E-state index < -0.39 is 0 Å². The largest absolute Gasteiger partial charge is 0.349 e. The van der Waals surface area contributed by atoms with Gasteiger partial charge in [-0.25, -0.2) is 0 Å². The van der Waals surface area contributed by atoms with Gasteiger partial charge in [0.25, 0.3) is 11.8 Å². The van der Waals surface area contributed by atoms with Crippen LogP contribution in [0.3, 0.4) is 0 Å². The first-order valence-electron chi connectivity index (χ1n) is 7.13. The number of carbonyl (C=O) groups excluding carboxylic acids is 1. The second kappa shape index (κ2) is 7.51. The molecule has 1 unspecified atom stereocenters. The summed E-state index contributed by atoms with van der Waals surface area (Å²) in [5.41, 5.74) is 0.888. The van der Waals surface area contributed by atoms with E-state index in [1.165, 1.54) is 0 Å². The topological polar surface area (TPSA) is 72.5 Å². The maximum atomic E-state index is 11.7. The number of aromatic nitrogens is 2. The van der Waals surface area contributed by atoms with Gasteiger partial charge >= 0.3 is 0 Å². The Labute approximate surface area is 138 Å². The summed E-state index contributed by atoms with van der Waals surface area (Å²) in [6, 6.07) is 7.86. The van der Waals surface area contributed by atoms with Gasteiger partial charge in [0.2, 0.25) is 5.82 Å². The van der Waals surface area contributed by atoms with Crippen LogP contribution >= 0.6 is 15.9 Å². The summed E-state index contributed by atoms with van der Waals surface area (Å²) in [5, 5.41) is 6.85. The van der Waals surface area contributed by atoms with Crippen LogP contribution in [0.25, 0.3) is 11.4 Å². The Hall–Kier alpha value is -1.73. The van der Waals surface area contributed by atoms with E-state index in [1.54, 1.807) is 0 Å². The molecule has 6 nitrogen and oxygen atoms in total. The minimum Gasteiger partial charge on any atom is -0.349 e. The summed E-state index contributed by atoms with van der Waals surface area (Å²) in [5.74, 6) is 1.08. The van der Waals surface area contributed by atoms with Crippen molar-refractivity contribution in [1.29, 1.82) is 0 Å². The Balaban J connectivity index is 1.96. The molecular formula is C15H20BrN4O2+. The van der Waals surface area contributed by atoms with Crippen LogP contribution in [0.5, 0.6) is 0 Å². The Kier molecular flexibility index (Phi) is 5.68. The fourth-order valence-electron chi connectivity index (χ4n) is 2.04.